The summed E-state index contributed by atoms with van der Waals surface area (Å²) < 4.78 is 28.2. The van der Waals surface area contributed by atoms with Crippen molar-refractivity contribution in [3.63, 3.8) is 0 Å². The van der Waals surface area contributed by atoms with Crippen LogP contribution in [0.25, 0.3) is 0 Å². The van der Waals surface area contributed by atoms with Gasteiger partial charge < -0.3 is 19.4 Å². The van der Waals surface area contributed by atoms with Crippen molar-refractivity contribution in [2.24, 2.45) is 11.3 Å². The van der Waals surface area contributed by atoms with Crippen LogP contribution < -0.4 is 0 Å². The number of nitrogens with zero attached hydrogens (tertiary/aromatic N) is 3. The lowest BCUT2D eigenvalue weighted by molar-refractivity contribution is -0.139. The number of piperidine rings is 1. The summed E-state index contributed by atoms with van der Waals surface area (Å²) >= 11 is 0. The molecule has 0 saturated carbocycles. The second-order valence-electron chi connectivity index (χ2n) is 11.1. The van der Waals surface area contributed by atoms with Gasteiger partial charge in [0.05, 0.1) is 17.4 Å². The normalized spacial score (nSPS) is 23.8. The van der Waals surface area contributed by atoms with Gasteiger partial charge in [-0.15, -0.1) is 5.06 Å². The monoisotopic (exact) mass is 555 g/mol. The molecule has 39 heavy (non-hydrogen) atoms. The zero-order valence-corrected chi connectivity index (χ0v) is 23.4. The number of amides is 1. The van der Waals surface area contributed by atoms with E-state index in [0.717, 1.165) is 51.0 Å². The highest BCUT2D eigenvalue weighted by Gasteiger charge is 2.48. The van der Waals surface area contributed by atoms with E-state index in [1.807, 2.05) is 23.1 Å². The van der Waals surface area contributed by atoms with Crippen molar-refractivity contribution in [3.05, 3.63) is 65.7 Å². The van der Waals surface area contributed by atoms with Crippen LogP contribution in [0.1, 0.15) is 36.3 Å². The van der Waals surface area contributed by atoms with Crippen LogP contribution in [0.3, 0.4) is 0 Å². The average molecular weight is 556 g/mol. The van der Waals surface area contributed by atoms with Gasteiger partial charge >= 0.3 is 6.16 Å². The predicted molar refractivity (Wildman–Crippen MR) is 145 cm³/mol. The highest BCUT2D eigenvalue weighted by Crippen LogP contribution is 2.43. The van der Waals surface area contributed by atoms with E-state index in [1.54, 1.807) is 29.3 Å². The van der Waals surface area contributed by atoms with E-state index in [-0.39, 0.29) is 23.2 Å². The summed E-state index contributed by atoms with van der Waals surface area (Å²) in [5.41, 5.74) is 1.87. The molecule has 2 aromatic carbocycles. The molecule has 1 spiro atoms. The molecule has 0 radical (unpaired) electrons. The van der Waals surface area contributed by atoms with Crippen LogP contribution in [0.5, 0.6) is 0 Å². The minimum absolute atomic E-state index is 0.218. The molecule has 2 aromatic rings. The fourth-order valence-electron chi connectivity index (χ4n) is 6.38. The van der Waals surface area contributed by atoms with E-state index in [2.05, 4.69) is 17.0 Å². The summed E-state index contributed by atoms with van der Waals surface area (Å²) in [7, 11) is -1.92. The van der Waals surface area contributed by atoms with E-state index in [0.29, 0.717) is 24.5 Å². The van der Waals surface area contributed by atoms with E-state index < -0.39 is 16.0 Å². The van der Waals surface area contributed by atoms with Crippen LogP contribution in [0.4, 0.5) is 4.79 Å². The number of ether oxygens (including phenoxy) is 1. The number of carbonyl (C=O) groups excluding carboxylic acids is 2. The van der Waals surface area contributed by atoms with Crippen LogP contribution in [-0.2, 0) is 30.8 Å². The standard InChI is InChI=1S/C29H37N3O6S/c1-37-28(34)38-32-20-24(26(21-32)23-6-4-3-5-7-23)19-30-15-12-29(13-16-30)14-17-31(27(29)33)18-22-8-10-25(11-9-22)39(2,35)36/h3-11,24,26H,12-21H2,1-2H3/t24-,26+/m0/s1. The van der Waals surface area contributed by atoms with Gasteiger partial charge in [0, 0.05) is 44.9 Å². The van der Waals surface area contributed by atoms with Crippen LogP contribution in [-0.4, -0.2) is 88.0 Å². The summed E-state index contributed by atoms with van der Waals surface area (Å²) in [5, 5.41) is 1.71. The fraction of sp³-hybridized carbons (Fsp3) is 0.517. The van der Waals surface area contributed by atoms with Gasteiger partial charge in [-0.3, -0.25) is 4.79 Å². The summed E-state index contributed by atoms with van der Waals surface area (Å²) in [6.07, 6.45) is 3.03. The van der Waals surface area contributed by atoms with Gasteiger partial charge in [0.15, 0.2) is 9.84 Å². The summed E-state index contributed by atoms with van der Waals surface area (Å²) in [6, 6.07) is 17.2. The molecule has 0 N–H and O–H groups in total. The molecule has 210 valence electrons. The second kappa shape index (κ2) is 11.3. The highest BCUT2D eigenvalue weighted by atomic mass is 32.2. The number of rotatable bonds is 7. The molecule has 0 unspecified atom stereocenters. The summed E-state index contributed by atoms with van der Waals surface area (Å²) in [6.45, 7) is 5.09. The van der Waals surface area contributed by atoms with Crippen molar-refractivity contribution < 1.29 is 27.6 Å². The Labute approximate surface area is 230 Å². The molecular weight excluding hydrogens is 518 g/mol. The molecule has 3 fully saturated rings. The van der Waals surface area contributed by atoms with Gasteiger partial charge in [0.25, 0.3) is 0 Å². The fourth-order valence-corrected chi connectivity index (χ4v) is 7.01. The van der Waals surface area contributed by atoms with E-state index >= 15 is 0 Å². The molecule has 3 aliphatic rings. The number of benzene rings is 2. The van der Waals surface area contributed by atoms with Crippen LogP contribution >= 0.6 is 0 Å². The molecular formula is C29H37N3O6S. The number of sulfone groups is 1. The third kappa shape index (κ3) is 6.13. The Kier molecular flexibility index (Phi) is 7.98. The number of hydrogen-bond acceptors (Lipinski definition) is 8. The third-order valence-electron chi connectivity index (χ3n) is 8.64. The van der Waals surface area contributed by atoms with Gasteiger partial charge in [-0.25, -0.2) is 13.2 Å². The first-order valence-corrected chi connectivity index (χ1v) is 15.4. The van der Waals surface area contributed by atoms with Crippen molar-refractivity contribution >= 4 is 21.9 Å². The SMILES string of the molecule is COC(=O)ON1C[C@H](CN2CCC3(CC2)CCN(Cc2ccc(S(C)(=O)=O)cc2)C3=O)[C@@H](c2ccccc2)C1. The minimum Gasteiger partial charge on any atom is -0.436 e. The molecule has 0 aromatic heterocycles. The lowest BCUT2D eigenvalue weighted by Crippen LogP contribution is -2.46. The first-order valence-electron chi connectivity index (χ1n) is 13.5. The van der Waals surface area contributed by atoms with Crippen molar-refractivity contribution in [2.45, 2.75) is 36.6 Å². The molecule has 5 rings (SSSR count). The van der Waals surface area contributed by atoms with Crippen molar-refractivity contribution in [2.75, 3.05) is 52.6 Å². The highest BCUT2D eigenvalue weighted by molar-refractivity contribution is 7.90. The number of hydroxylamine groups is 2. The Balaban J connectivity index is 1.18. The third-order valence-corrected chi connectivity index (χ3v) is 9.77. The maximum Gasteiger partial charge on any atom is 0.527 e. The Hall–Kier alpha value is -2.95. The second-order valence-corrected chi connectivity index (χ2v) is 13.2. The largest absolute Gasteiger partial charge is 0.527 e. The average Bonchev–Trinajstić information content (AvgIpc) is 3.46. The van der Waals surface area contributed by atoms with Crippen molar-refractivity contribution in [3.8, 4) is 0 Å². The zero-order valence-electron chi connectivity index (χ0n) is 22.6. The Morgan fingerprint density at radius 2 is 1.64 bits per heavy atom. The molecule has 10 heteroatoms. The number of likely N-dealkylation sites (tertiary alicyclic amines) is 2. The Bertz CT molecular complexity index is 1280. The van der Waals surface area contributed by atoms with E-state index in [9.17, 15) is 18.0 Å². The number of hydrogen-bond donors (Lipinski definition) is 0. The zero-order chi connectivity index (χ0) is 27.6. The van der Waals surface area contributed by atoms with Crippen molar-refractivity contribution in [1.82, 2.24) is 14.9 Å². The van der Waals surface area contributed by atoms with Gasteiger partial charge in [-0.1, -0.05) is 42.5 Å². The molecule has 1 amide bonds. The first-order chi connectivity index (χ1) is 18.7. The van der Waals surface area contributed by atoms with E-state index in [1.165, 1.54) is 18.9 Å². The molecule has 0 bridgehead atoms. The number of methoxy groups -OCH3 is 1. The maximum absolute atomic E-state index is 13.5. The number of carbonyl (C=O) groups is 2. The van der Waals surface area contributed by atoms with Crippen molar-refractivity contribution in [1.29, 1.82) is 0 Å². The predicted octanol–water partition coefficient (Wildman–Crippen LogP) is 3.32. The van der Waals surface area contributed by atoms with Crippen LogP contribution in [0, 0.1) is 11.3 Å². The molecule has 2 atom stereocenters. The maximum atomic E-state index is 13.5. The van der Waals surface area contributed by atoms with Gasteiger partial charge in [0.2, 0.25) is 5.91 Å². The van der Waals surface area contributed by atoms with Gasteiger partial charge in [-0.2, -0.15) is 0 Å². The Morgan fingerprint density at radius 3 is 2.28 bits per heavy atom. The van der Waals surface area contributed by atoms with Crippen LogP contribution in [0.2, 0.25) is 0 Å². The molecule has 9 nitrogen and oxygen atoms in total. The Morgan fingerprint density at radius 1 is 0.974 bits per heavy atom. The van der Waals surface area contributed by atoms with Crippen LogP contribution in [0.15, 0.2) is 59.5 Å². The lowest BCUT2D eigenvalue weighted by Gasteiger charge is -2.39. The summed E-state index contributed by atoms with van der Waals surface area (Å²) in [5.74, 6) is 0.747. The molecule has 3 aliphatic heterocycles. The molecule has 3 heterocycles. The van der Waals surface area contributed by atoms with Gasteiger partial charge in [-0.05, 0) is 61.5 Å². The first kappa shape index (κ1) is 27.6. The minimum atomic E-state index is -3.24. The van der Waals surface area contributed by atoms with Gasteiger partial charge in [0.1, 0.15) is 0 Å². The summed E-state index contributed by atoms with van der Waals surface area (Å²) in [4.78, 5) is 35.3. The molecule has 3 saturated heterocycles. The smallest absolute Gasteiger partial charge is 0.436 e. The lowest BCUT2D eigenvalue weighted by atomic mass is 9.76. The molecule has 0 aliphatic carbocycles. The van der Waals surface area contributed by atoms with E-state index in [4.69, 9.17) is 9.57 Å². The topological polar surface area (TPSA) is 96.5 Å². The quantitative estimate of drug-likeness (QED) is 0.480.